The van der Waals surface area contributed by atoms with Gasteiger partial charge in [-0.25, -0.2) is 4.98 Å². The van der Waals surface area contributed by atoms with Gasteiger partial charge in [-0.05, 0) is 50.7 Å². The van der Waals surface area contributed by atoms with E-state index in [0.717, 1.165) is 40.7 Å². The molecule has 24 heavy (non-hydrogen) atoms. The molecule has 2 N–H and O–H groups in total. The van der Waals surface area contributed by atoms with Crippen molar-refractivity contribution < 1.29 is 9.53 Å². The molecule has 1 aliphatic rings. The number of carbonyl (C=O) groups excluding carboxylic acids is 1. The number of carbonyl (C=O) groups is 1. The lowest BCUT2D eigenvalue weighted by Gasteiger charge is -2.26. The molecule has 1 aromatic heterocycles. The highest BCUT2D eigenvalue weighted by Gasteiger charge is 2.19. The first-order valence-electron chi connectivity index (χ1n) is 8.68. The van der Waals surface area contributed by atoms with E-state index in [1.165, 1.54) is 24.6 Å². The van der Waals surface area contributed by atoms with Gasteiger partial charge in [0.05, 0.1) is 23.4 Å². The first-order chi connectivity index (χ1) is 11.6. The summed E-state index contributed by atoms with van der Waals surface area (Å²) in [5, 5.41) is 3.92. The number of H-pyrrole nitrogens is 1. The number of aromatic amines is 1. The van der Waals surface area contributed by atoms with E-state index < -0.39 is 0 Å². The second-order valence-electron chi connectivity index (χ2n) is 6.47. The predicted octanol–water partition coefficient (Wildman–Crippen LogP) is 3.75. The Bertz CT molecular complexity index is 693. The Morgan fingerprint density at radius 2 is 2.17 bits per heavy atom. The zero-order valence-corrected chi connectivity index (χ0v) is 15.1. The van der Waals surface area contributed by atoms with E-state index in [4.69, 9.17) is 4.74 Å². The first kappa shape index (κ1) is 17.1. The molecule has 0 saturated heterocycles. The lowest BCUT2D eigenvalue weighted by molar-refractivity contribution is -0.119. The summed E-state index contributed by atoms with van der Waals surface area (Å²) in [4.78, 5) is 19.9. The fourth-order valence-corrected chi connectivity index (χ4v) is 3.79. The molecule has 6 heteroatoms. The summed E-state index contributed by atoms with van der Waals surface area (Å²) in [7, 11) is 0. The summed E-state index contributed by atoms with van der Waals surface area (Å²) in [6, 6.07) is 6.14. The van der Waals surface area contributed by atoms with Crippen LogP contribution in [0.1, 0.15) is 39.5 Å². The van der Waals surface area contributed by atoms with Gasteiger partial charge < -0.3 is 15.0 Å². The van der Waals surface area contributed by atoms with Crippen LogP contribution in [-0.2, 0) is 4.79 Å². The maximum atomic E-state index is 12.1. The van der Waals surface area contributed by atoms with Crippen molar-refractivity contribution in [2.75, 3.05) is 12.4 Å². The van der Waals surface area contributed by atoms with Crippen LogP contribution in [0.5, 0.6) is 5.75 Å². The van der Waals surface area contributed by atoms with E-state index in [0.29, 0.717) is 18.4 Å². The van der Waals surface area contributed by atoms with Gasteiger partial charge in [0.25, 0.3) is 0 Å². The summed E-state index contributed by atoms with van der Waals surface area (Å²) in [5.41, 5.74) is 1.83. The number of fused-ring (bicyclic) bond motifs is 1. The Morgan fingerprint density at radius 1 is 1.38 bits per heavy atom. The zero-order valence-electron chi connectivity index (χ0n) is 14.3. The van der Waals surface area contributed by atoms with Crippen molar-refractivity contribution in [3.05, 3.63) is 18.2 Å². The molecule has 1 heterocycles. The van der Waals surface area contributed by atoms with Crippen molar-refractivity contribution in [2.24, 2.45) is 5.92 Å². The number of benzene rings is 1. The number of thioether (sulfide) groups is 1. The second-order valence-corrected chi connectivity index (χ2v) is 7.43. The largest absolute Gasteiger partial charge is 0.494 e. The molecule has 3 rings (SSSR count). The van der Waals surface area contributed by atoms with E-state index in [1.807, 2.05) is 25.1 Å². The number of imidazole rings is 1. The minimum atomic E-state index is 0.0926. The molecule has 1 fully saturated rings. The fourth-order valence-electron chi connectivity index (χ4n) is 3.10. The third-order valence-corrected chi connectivity index (χ3v) is 5.34. The van der Waals surface area contributed by atoms with E-state index in [-0.39, 0.29) is 5.91 Å². The molecule has 0 radical (unpaired) electrons. The summed E-state index contributed by atoms with van der Waals surface area (Å²) < 4.78 is 5.49. The smallest absolute Gasteiger partial charge is 0.230 e. The molecule has 1 aromatic carbocycles. The van der Waals surface area contributed by atoms with Gasteiger partial charge in [-0.1, -0.05) is 18.7 Å². The standard InChI is InChI=1S/C18H25N3O2S/c1-3-23-14-8-9-15-16(10-14)21-18(20-15)24-11-17(22)19-13-6-4-12(2)5-7-13/h8-10,12-13H,3-7,11H2,1-2H3,(H,19,22)(H,20,21). The Morgan fingerprint density at radius 3 is 2.92 bits per heavy atom. The maximum absolute atomic E-state index is 12.1. The van der Waals surface area contributed by atoms with Crippen molar-refractivity contribution in [1.82, 2.24) is 15.3 Å². The van der Waals surface area contributed by atoms with Crippen LogP contribution >= 0.6 is 11.8 Å². The van der Waals surface area contributed by atoms with Gasteiger partial charge in [0.2, 0.25) is 5.91 Å². The van der Waals surface area contributed by atoms with Crippen LogP contribution in [0.25, 0.3) is 11.0 Å². The monoisotopic (exact) mass is 347 g/mol. The van der Waals surface area contributed by atoms with Gasteiger partial charge in [0, 0.05) is 12.1 Å². The van der Waals surface area contributed by atoms with Gasteiger partial charge in [0.15, 0.2) is 5.16 Å². The predicted molar refractivity (Wildman–Crippen MR) is 97.5 cm³/mol. The molecule has 2 aromatic rings. The van der Waals surface area contributed by atoms with Gasteiger partial charge in [0.1, 0.15) is 5.75 Å². The first-order valence-corrected chi connectivity index (χ1v) is 9.67. The molecular formula is C18H25N3O2S. The van der Waals surface area contributed by atoms with Crippen LogP contribution < -0.4 is 10.1 Å². The topological polar surface area (TPSA) is 67.0 Å². The lowest BCUT2D eigenvalue weighted by atomic mass is 9.87. The molecule has 0 unspecified atom stereocenters. The average molecular weight is 347 g/mol. The Labute approximate surface area is 146 Å². The van der Waals surface area contributed by atoms with E-state index in [2.05, 4.69) is 22.2 Å². The van der Waals surface area contributed by atoms with Crippen LogP contribution in [0.4, 0.5) is 0 Å². The van der Waals surface area contributed by atoms with Gasteiger partial charge in [-0.3, -0.25) is 4.79 Å². The Hall–Kier alpha value is -1.69. The molecule has 1 amide bonds. The van der Waals surface area contributed by atoms with Crippen LogP contribution in [0.3, 0.4) is 0 Å². The third kappa shape index (κ3) is 4.44. The fraction of sp³-hybridized carbons (Fsp3) is 0.556. The second kappa shape index (κ2) is 7.92. The van der Waals surface area contributed by atoms with Crippen LogP contribution in [0.2, 0.25) is 0 Å². The zero-order chi connectivity index (χ0) is 16.9. The SMILES string of the molecule is CCOc1ccc2nc(SCC(=O)NC3CCC(C)CC3)[nH]c2c1. The lowest BCUT2D eigenvalue weighted by Crippen LogP contribution is -2.38. The summed E-state index contributed by atoms with van der Waals surface area (Å²) in [6.45, 7) is 4.89. The third-order valence-electron chi connectivity index (χ3n) is 4.46. The van der Waals surface area contributed by atoms with Gasteiger partial charge in [-0.2, -0.15) is 0 Å². The Balaban J connectivity index is 1.52. The number of rotatable bonds is 6. The highest BCUT2D eigenvalue weighted by Crippen LogP contribution is 2.25. The molecular weight excluding hydrogens is 322 g/mol. The number of ether oxygens (including phenoxy) is 1. The van der Waals surface area contributed by atoms with Gasteiger partial charge >= 0.3 is 0 Å². The van der Waals surface area contributed by atoms with Crippen molar-refractivity contribution >= 4 is 28.7 Å². The number of nitrogens with zero attached hydrogens (tertiary/aromatic N) is 1. The normalized spacial score (nSPS) is 20.9. The highest BCUT2D eigenvalue weighted by atomic mass is 32.2. The van der Waals surface area contributed by atoms with Crippen LogP contribution in [0.15, 0.2) is 23.4 Å². The van der Waals surface area contributed by atoms with E-state index >= 15 is 0 Å². The Kier molecular flexibility index (Phi) is 5.66. The molecule has 0 atom stereocenters. The molecule has 0 spiro atoms. The van der Waals surface area contributed by atoms with Crippen molar-refractivity contribution in [1.29, 1.82) is 0 Å². The van der Waals surface area contributed by atoms with Crippen molar-refractivity contribution in [2.45, 2.75) is 50.7 Å². The van der Waals surface area contributed by atoms with Crippen LogP contribution in [0, 0.1) is 5.92 Å². The summed E-state index contributed by atoms with van der Waals surface area (Å²) >= 11 is 1.44. The summed E-state index contributed by atoms with van der Waals surface area (Å²) in [6.07, 6.45) is 4.62. The minimum absolute atomic E-state index is 0.0926. The molecule has 0 bridgehead atoms. The van der Waals surface area contributed by atoms with E-state index in [9.17, 15) is 4.79 Å². The summed E-state index contributed by atoms with van der Waals surface area (Å²) in [5.74, 6) is 2.11. The number of amides is 1. The number of hydrogen-bond acceptors (Lipinski definition) is 4. The number of nitrogens with one attached hydrogen (secondary N) is 2. The van der Waals surface area contributed by atoms with Crippen molar-refractivity contribution in [3.63, 3.8) is 0 Å². The van der Waals surface area contributed by atoms with E-state index in [1.54, 1.807) is 0 Å². The van der Waals surface area contributed by atoms with Gasteiger partial charge in [-0.15, -0.1) is 0 Å². The molecule has 1 aliphatic carbocycles. The molecule has 5 nitrogen and oxygen atoms in total. The molecule has 1 saturated carbocycles. The molecule has 0 aliphatic heterocycles. The van der Waals surface area contributed by atoms with Crippen molar-refractivity contribution in [3.8, 4) is 5.75 Å². The molecule has 130 valence electrons. The maximum Gasteiger partial charge on any atom is 0.230 e. The average Bonchev–Trinajstić information content (AvgIpc) is 2.98. The number of hydrogen-bond donors (Lipinski definition) is 2. The highest BCUT2D eigenvalue weighted by molar-refractivity contribution is 7.99. The van der Waals surface area contributed by atoms with Crippen LogP contribution in [-0.4, -0.2) is 34.3 Å². The minimum Gasteiger partial charge on any atom is -0.494 e. The quantitative estimate of drug-likeness (QED) is 0.781. The number of aromatic nitrogens is 2.